The van der Waals surface area contributed by atoms with Crippen molar-refractivity contribution in [1.82, 2.24) is 15.1 Å². The van der Waals surface area contributed by atoms with Crippen LogP contribution in [-0.2, 0) is 0 Å². The molecule has 1 fully saturated rings. The molecule has 1 N–H and O–H groups in total. The third kappa shape index (κ3) is 2.56. The van der Waals surface area contributed by atoms with Crippen LogP contribution in [0.3, 0.4) is 0 Å². The zero-order valence-electron chi connectivity index (χ0n) is 9.79. The number of benzene rings is 1. The third-order valence-corrected chi connectivity index (χ3v) is 3.21. The minimum Gasteiger partial charge on any atom is -0.312 e. The molecule has 1 aromatic heterocycles. The minimum absolute atomic E-state index is 0.298. The molecule has 0 bridgehead atoms. The molecule has 0 amide bonds. The lowest BCUT2D eigenvalue weighted by molar-refractivity contribution is 0.479. The van der Waals surface area contributed by atoms with Crippen molar-refractivity contribution < 1.29 is 0 Å². The number of hydrogen-bond donors (Lipinski definition) is 1. The van der Waals surface area contributed by atoms with Crippen molar-refractivity contribution in [3.05, 3.63) is 54.4 Å². The number of nitrogens with zero attached hydrogens (tertiary/aromatic N) is 2. The van der Waals surface area contributed by atoms with E-state index in [4.69, 9.17) is 0 Å². The Labute approximate surface area is 101 Å². The van der Waals surface area contributed by atoms with Crippen LogP contribution < -0.4 is 5.32 Å². The van der Waals surface area contributed by atoms with Crippen LogP contribution in [0, 0.1) is 0 Å². The molecule has 0 radical (unpaired) electrons. The van der Waals surface area contributed by atoms with Gasteiger partial charge in [0.15, 0.2) is 0 Å². The van der Waals surface area contributed by atoms with Gasteiger partial charge in [0.1, 0.15) is 0 Å². The van der Waals surface area contributed by atoms with E-state index >= 15 is 0 Å². The van der Waals surface area contributed by atoms with Crippen LogP contribution in [0.1, 0.15) is 24.4 Å². The highest BCUT2D eigenvalue weighted by Crippen LogP contribution is 2.22. The summed E-state index contributed by atoms with van der Waals surface area (Å²) in [5.41, 5.74) is 1.31. The molecule has 3 nitrogen and oxygen atoms in total. The van der Waals surface area contributed by atoms with E-state index in [-0.39, 0.29) is 0 Å². The average Bonchev–Trinajstić information content (AvgIpc) is 3.04. The molecule has 3 heteroatoms. The lowest BCUT2D eigenvalue weighted by atomic mass is 10.1. The topological polar surface area (TPSA) is 29.9 Å². The van der Waals surface area contributed by atoms with E-state index in [0.29, 0.717) is 6.04 Å². The fourth-order valence-electron chi connectivity index (χ4n) is 2.07. The quantitative estimate of drug-likeness (QED) is 0.849. The van der Waals surface area contributed by atoms with Crippen molar-refractivity contribution in [3.63, 3.8) is 0 Å². The Morgan fingerprint density at radius 2 is 2.06 bits per heavy atom. The molecule has 17 heavy (non-hydrogen) atoms. The van der Waals surface area contributed by atoms with Crippen molar-refractivity contribution in [1.29, 1.82) is 0 Å². The van der Waals surface area contributed by atoms with Crippen LogP contribution in [-0.4, -0.2) is 22.4 Å². The second-order valence-corrected chi connectivity index (χ2v) is 4.60. The number of rotatable bonds is 5. The summed E-state index contributed by atoms with van der Waals surface area (Å²) in [7, 11) is 0. The van der Waals surface area contributed by atoms with Gasteiger partial charge >= 0.3 is 0 Å². The van der Waals surface area contributed by atoms with E-state index < -0.39 is 0 Å². The molecule has 1 aliphatic rings. The predicted molar refractivity (Wildman–Crippen MR) is 67.8 cm³/mol. The Bertz CT molecular complexity index is 446. The monoisotopic (exact) mass is 227 g/mol. The number of nitrogens with one attached hydrogen (secondary N) is 1. The van der Waals surface area contributed by atoms with Crippen molar-refractivity contribution in [2.24, 2.45) is 0 Å². The molecule has 0 spiro atoms. The zero-order chi connectivity index (χ0) is 11.5. The first-order chi connectivity index (χ1) is 8.43. The van der Waals surface area contributed by atoms with Crippen LogP contribution in [0.5, 0.6) is 0 Å². The van der Waals surface area contributed by atoms with Gasteiger partial charge in [-0.25, -0.2) is 0 Å². The zero-order valence-corrected chi connectivity index (χ0v) is 9.79. The van der Waals surface area contributed by atoms with E-state index in [1.165, 1.54) is 18.4 Å². The first-order valence-corrected chi connectivity index (χ1v) is 6.21. The Morgan fingerprint density at radius 3 is 2.71 bits per heavy atom. The fraction of sp³-hybridized carbons (Fsp3) is 0.357. The SMILES string of the molecule is c1ccc(C(CNC2CC2)n2cccn2)cc1. The maximum atomic E-state index is 4.37. The lowest BCUT2D eigenvalue weighted by Crippen LogP contribution is -2.28. The average molecular weight is 227 g/mol. The molecular weight excluding hydrogens is 210 g/mol. The number of aromatic nitrogens is 2. The standard InChI is InChI=1S/C14H17N3/c1-2-5-12(6-3-1)14(11-15-13-7-8-13)17-10-4-9-16-17/h1-6,9-10,13-15H,7-8,11H2. The predicted octanol–water partition coefficient (Wildman–Crippen LogP) is 2.22. The molecule has 2 aromatic rings. The molecule has 1 heterocycles. The molecule has 1 aromatic carbocycles. The second kappa shape index (κ2) is 4.72. The van der Waals surface area contributed by atoms with Crippen LogP contribution in [0.15, 0.2) is 48.8 Å². The summed E-state index contributed by atoms with van der Waals surface area (Å²) in [4.78, 5) is 0. The summed E-state index contributed by atoms with van der Waals surface area (Å²) in [5.74, 6) is 0. The van der Waals surface area contributed by atoms with Crippen molar-refractivity contribution >= 4 is 0 Å². The summed E-state index contributed by atoms with van der Waals surface area (Å²) in [6.07, 6.45) is 6.51. The molecule has 3 rings (SSSR count). The highest BCUT2D eigenvalue weighted by molar-refractivity contribution is 5.20. The lowest BCUT2D eigenvalue weighted by Gasteiger charge is -2.18. The fourth-order valence-corrected chi connectivity index (χ4v) is 2.07. The Kier molecular flexibility index (Phi) is 2.92. The smallest absolute Gasteiger partial charge is 0.0892 e. The van der Waals surface area contributed by atoms with Gasteiger partial charge in [-0.05, 0) is 24.5 Å². The van der Waals surface area contributed by atoms with Crippen molar-refractivity contribution in [3.8, 4) is 0 Å². The van der Waals surface area contributed by atoms with E-state index in [0.717, 1.165) is 12.6 Å². The Balaban J connectivity index is 1.80. The molecule has 0 aliphatic heterocycles. The van der Waals surface area contributed by atoms with Gasteiger partial charge in [-0.2, -0.15) is 5.10 Å². The summed E-state index contributed by atoms with van der Waals surface area (Å²) in [6.45, 7) is 0.955. The minimum atomic E-state index is 0.298. The Hall–Kier alpha value is -1.61. The largest absolute Gasteiger partial charge is 0.312 e. The first kappa shape index (κ1) is 10.5. The Morgan fingerprint density at radius 1 is 1.24 bits per heavy atom. The summed E-state index contributed by atoms with van der Waals surface area (Å²) in [5, 5.41) is 7.95. The van der Waals surface area contributed by atoms with Crippen molar-refractivity contribution in [2.45, 2.75) is 24.9 Å². The summed E-state index contributed by atoms with van der Waals surface area (Å²) >= 11 is 0. The van der Waals surface area contributed by atoms with E-state index in [2.05, 4.69) is 40.7 Å². The maximum Gasteiger partial charge on any atom is 0.0892 e. The van der Waals surface area contributed by atoms with Gasteiger partial charge in [-0.1, -0.05) is 30.3 Å². The molecular formula is C14H17N3. The van der Waals surface area contributed by atoms with Gasteiger partial charge in [-0.3, -0.25) is 4.68 Å². The molecule has 1 saturated carbocycles. The second-order valence-electron chi connectivity index (χ2n) is 4.60. The van der Waals surface area contributed by atoms with E-state index in [9.17, 15) is 0 Å². The van der Waals surface area contributed by atoms with Gasteiger partial charge in [0.25, 0.3) is 0 Å². The van der Waals surface area contributed by atoms with Gasteiger partial charge < -0.3 is 5.32 Å². The highest BCUT2D eigenvalue weighted by Gasteiger charge is 2.23. The van der Waals surface area contributed by atoms with Gasteiger partial charge in [-0.15, -0.1) is 0 Å². The van der Waals surface area contributed by atoms with E-state index in [1.807, 2.05) is 23.1 Å². The summed E-state index contributed by atoms with van der Waals surface area (Å²) < 4.78 is 2.03. The van der Waals surface area contributed by atoms with Gasteiger partial charge in [0.2, 0.25) is 0 Å². The maximum absolute atomic E-state index is 4.37. The molecule has 1 atom stereocenters. The van der Waals surface area contributed by atoms with Gasteiger partial charge in [0, 0.05) is 25.0 Å². The molecule has 88 valence electrons. The summed E-state index contributed by atoms with van der Waals surface area (Å²) in [6, 6.07) is 13.6. The van der Waals surface area contributed by atoms with Crippen LogP contribution in [0.4, 0.5) is 0 Å². The van der Waals surface area contributed by atoms with Crippen LogP contribution in [0.2, 0.25) is 0 Å². The molecule has 1 aliphatic carbocycles. The first-order valence-electron chi connectivity index (χ1n) is 6.21. The van der Waals surface area contributed by atoms with Gasteiger partial charge in [0.05, 0.1) is 6.04 Å². The number of hydrogen-bond acceptors (Lipinski definition) is 2. The highest BCUT2D eigenvalue weighted by atomic mass is 15.3. The normalized spacial score (nSPS) is 16.9. The molecule has 1 unspecified atom stereocenters. The van der Waals surface area contributed by atoms with Crippen molar-refractivity contribution in [2.75, 3.05) is 6.54 Å². The molecule has 0 saturated heterocycles. The van der Waals surface area contributed by atoms with Crippen LogP contribution >= 0.6 is 0 Å². The third-order valence-electron chi connectivity index (χ3n) is 3.21. The van der Waals surface area contributed by atoms with Crippen LogP contribution in [0.25, 0.3) is 0 Å². The van der Waals surface area contributed by atoms with E-state index in [1.54, 1.807) is 0 Å².